The third-order valence-electron chi connectivity index (χ3n) is 5.21. The number of rotatable bonds is 5. The van der Waals surface area contributed by atoms with Gasteiger partial charge in [0.15, 0.2) is 12.3 Å². The molecule has 2 amide bonds. The summed E-state index contributed by atoms with van der Waals surface area (Å²) >= 11 is 5.90. The summed E-state index contributed by atoms with van der Waals surface area (Å²) < 4.78 is 16.3. The lowest BCUT2D eigenvalue weighted by molar-refractivity contribution is 0.0908. The van der Waals surface area contributed by atoms with Crippen LogP contribution in [0.4, 0.5) is 4.79 Å². The van der Waals surface area contributed by atoms with Gasteiger partial charge >= 0.3 is 6.09 Å². The molecule has 2 fully saturated rings. The van der Waals surface area contributed by atoms with Gasteiger partial charge in [-0.25, -0.2) is 9.78 Å². The van der Waals surface area contributed by atoms with E-state index in [1.54, 1.807) is 4.90 Å². The van der Waals surface area contributed by atoms with Gasteiger partial charge in [-0.3, -0.25) is 4.79 Å². The highest BCUT2D eigenvalue weighted by molar-refractivity contribution is 6.30. The average Bonchev–Trinajstić information content (AvgIpc) is 3.36. The normalized spacial score (nSPS) is 23.5. The lowest BCUT2D eigenvalue weighted by atomic mass is 10.0. The van der Waals surface area contributed by atoms with Crippen LogP contribution in [0.2, 0.25) is 5.02 Å². The molecule has 9 heteroatoms. The molecule has 3 atom stereocenters. The molecule has 0 spiro atoms. The van der Waals surface area contributed by atoms with Crippen molar-refractivity contribution >= 4 is 23.6 Å². The second-order valence-electron chi connectivity index (χ2n) is 7.14. The average molecular weight is 406 g/mol. The van der Waals surface area contributed by atoms with Gasteiger partial charge in [0.1, 0.15) is 12.0 Å². The number of hydrogen-bond donors (Lipinski definition) is 1. The van der Waals surface area contributed by atoms with Crippen molar-refractivity contribution in [2.24, 2.45) is 17.6 Å². The Hall–Kier alpha value is -2.74. The predicted molar refractivity (Wildman–Crippen MR) is 98.9 cm³/mol. The Bertz CT molecular complexity index is 855. The van der Waals surface area contributed by atoms with E-state index in [0.29, 0.717) is 29.9 Å². The largest absolute Gasteiger partial charge is 0.490 e. The number of aromatic nitrogens is 1. The molecule has 2 aliphatic rings. The fourth-order valence-corrected chi connectivity index (χ4v) is 4.03. The number of benzene rings is 1. The highest BCUT2D eigenvalue weighted by atomic mass is 35.5. The molecule has 0 bridgehead atoms. The van der Waals surface area contributed by atoms with E-state index in [1.165, 1.54) is 0 Å². The molecule has 2 N–H and O–H groups in total. The number of nitrogens with two attached hydrogens (primary N) is 1. The number of amides is 2. The first-order chi connectivity index (χ1) is 13.5. The zero-order chi connectivity index (χ0) is 19.7. The quantitative estimate of drug-likeness (QED) is 0.819. The molecule has 1 aromatic heterocycles. The maximum Gasteiger partial charge on any atom is 0.410 e. The smallest absolute Gasteiger partial charge is 0.410 e. The molecule has 1 saturated heterocycles. The lowest BCUT2D eigenvalue weighted by Crippen LogP contribution is -2.31. The highest BCUT2D eigenvalue weighted by Gasteiger charge is 2.43. The fraction of sp³-hybridized carbons (Fsp3) is 0.421. The van der Waals surface area contributed by atoms with Crippen LogP contribution >= 0.6 is 11.6 Å². The first-order valence-electron chi connectivity index (χ1n) is 9.06. The predicted octanol–water partition coefficient (Wildman–Crippen LogP) is 2.85. The van der Waals surface area contributed by atoms with E-state index in [1.807, 2.05) is 24.3 Å². The van der Waals surface area contributed by atoms with Gasteiger partial charge in [0.2, 0.25) is 5.89 Å². The van der Waals surface area contributed by atoms with E-state index in [9.17, 15) is 9.59 Å². The number of likely N-dealkylation sites (tertiary alicyclic amines) is 1. The van der Waals surface area contributed by atoms with Crippen LogP contribution in [0.1, 0.15) is 29.2 Å². The van der Waals surface area contributed by atoms with Crippen LogP contribution in [-0.4, -0.2) is 41.1 Å². The van der Waals surface area contributed by atoms with Crippen LogP contribution in [0.15, 0.2) is 34.9 Å². The zero-order valence-corrected chi connectivity index (χ0v) is 15.8. The zero-order valence-electron chi connectivity index (χ0n) is 15.0. The van der Waals surface area contributed by atoms with E-state index in [0.717, 1.165) is 24.9 Å². The van der Waals surface area contributed by atoms with Crippen LogP contribution in [-0.2, 0) is 11.3 Å². The van der Waals surface area contributed by atoms with E-state index in [-0.39, 0.29) is 24.3 Å². The molecule has 4 rings (SSSR count). The van der Waals surface area contributed by atoms with Gasteiger partial charge in [-0.15, -0.1) is 0 Å². The fourth-order valence-electron chi connectivity index (χ4n) is 3.90. The first kappa shape index (κ1) is 18.6. The Labute approximate surface area is 166 Å². The number of carbonyl (C=O) groups excluding carboxylic acids is 2. The molecule has 2 aromatic rings. The summed E-state index contributed by atoms with van der Waals surface area (Å²) in [7, 11) is 0. The van der Waals surface area contributed by atoms with Gasteiger partial charge in [0.25, 0.3) is 5.91 Å². The number of hydrogen-bond acceptors (Lipinski definition) is 6. The maximum absolute atomic E-state index is 12.3. The van der Waals surface area contributed by atoms with Gasteiger partial charge in [-0.05, 0) is 48.9 Å². The number of nitrogens with zero attached hydrogens (tertiary/aromatic N) is 2. The molecule has 2 heterocycles. The van der Waals surface area contributed by atoms with Crippen LogP contribution < -0.4 is 10.5 Å². The van der Waals surface area contributed by atoms with E-state index >= 15 is 0 Å². The molecule has 1 unspecified atom stereocenters. The lowest BCUT2D eigenvalue weighted by Gasteiger charge is -2.19. The highest BCUT2D eigenvalue weighted by Crippen LogP contribution is 2.40. The molecule has 0 radical (unpaired) electrons. The van der Waals surface area contributed by atoms with Crippen molar-refractivity contribution in [1.29, 1.82) is 0 Å². The molecule has 8 nitrogen and oxygen atoms in total. The molecule has 1 saturated carbocycles. The Morgan fingerprint density at radius 3 is 2.50 bits per heavy atom. The molecular formula is C19H20ClN3O5. The van der Waals surface area contributed by atoms with Gasteiger partial charge in [0, 0.05) is 18.1 Å². The number of fused-ring (bicyclic) bond motifs is 1. The van der Waals surface area contributed by atoms with E-state index in [2.05, 4.69) is 4.98 Å². The molecular weight excluding hydrogens is 386 g/mol. The van der Waals surface area contributed by atoms with E-state index in [4.69, 9.17) is 31.2 Å². The summed E-state index contributed by atoms with van der Waals surface area (Å²) in [5.74, 6) is 1.05. The Kier molecular flexibility index (Phi) is 5.13. The van der Waals surface area contributed by atoms with Crippen molar-refractivity contribution < 1.29 is 23.5 Å². The van der Waals surface area contributed by atoms with Crippen molar-refractivity contribution in [1.82, 2.24) is 9.88 Å². The summed E-state index contributed by atoms with van der Waals surface area (Å²) in [6, 6.07) is 7.36. The minimum absolute atomic E-state index is 0.00785. The summed E-state index contributed by atoms with van der Waals surface area (Å²) in [6.07, 6.45) is 2.68. The summed E-state index contributed by atoms with van der Waals surface area (Å²) in [6.45, 7) is 1.14. The number of halogens is 1. The number of oxazole rings is 1. The minimum Gasteiger partial charge on any atom is -0.490 e. The molecule has 148 valence electrons. The van der Waals surface area contributed by atoms with Crippen LogP contribution in [0.3, 0.4) is 0 Å². The van der Waals surface area contributed by atoms with Crippen molar-refractivity contribution in [2.75, 3.05) is 13.1 Å². The Morgan fingerprint density at radius 1 is 1.21 bits per heavy atom. The van der Waals surface area contributed by atoms with Crippen LogP contribution in [0.5, 0.6) is 5.75 Å². The number of primary amides is 1. The Balaban J connectivity index is 1.24. The van der Waals surface area contributed by atoms with Crippen LogP contribution in [0.25, 0.3) is 0 Å². The molecule has 1 aliphatic carbocycles. The SMILES string of the molecule is NC(=O)c1coc(COC(=O)N2C[C@H]3CC(Oc4ccc(Cl)cc4)C[C@H]3C2)n1. The van der Waals surface area contributed by atoms with Gasteiger partial charge in [-0.2, -0.15) is 0 Å². The van der Waals surface area contributed by atoms with Crippen molar-refractivity contribution in [3.63, 3.8) is 0 Å². The molecule has 28 heavy (non-hydrogen) atoms. The summed E-state index contributed by atoms with van der Waals surface area (Å²) in [5, 5.41) is 0.681. The topological polar surface area (TPSA) is 108 Å². The summed E-state index contributed by atoms with van der Waals surface area (Å²) in [4.78, 5) is 28.9. The standard InChI is InChI=1S/C19H20ClN3O5/c20-13-1-3-14(4-2-13)28-15-5-11-7-23(8-12(11)6-15)19(25)27-10-17-22-16(9-26-17)18(21)24/h1-4,9,11-12,15H,5-8,10H2,(H2,21,24)/t11-,12+,15?. The van der Waals surface area contributed by atoms with Crippen molar-refractivity contribution in [3.8, 4) is 5.75 Å². The molecule has 1 aliphatic heterocycles. The monoisotopic (exact) mass is 405 g/mol. The second-order valence-corrected chi connectivity index (χ2v) is 7.57. The van der Waals surface area contributed by atoms with Crippen molar-refractivity contribution in [3.05, 3.63) is 47.1 Å². The molecule has 1 aromatic carbocycles. The number of carbonyl (C=O) groups is 2. The number of ether oxygens (including phenoxy) is 2. The van der Waals surface area contributed by atoms with Gasteiger partial charge < -0.3 is 24.5 Å². The third kappa shape index (κ3) is 4.06. The minimum atomic E-state index is -0.691. The maximum atomic E-state index is 12.3. The van der Waals surface area contributed by atoms with Gasteiger partial charge in [0.05, 0.1) is 6.10 Å². The Morgan fingerprint density at radius 2 is 1.89 bits per heavy atom. The first-order valence-corrected chi connectivity index (χ1v) is 9.44. The van der Waals surface area contributed by atoms with E-state index < -0.39 is 12.0 Å². The summed E-state index contributed by atoms with van der Waals surface area (Å²) in [5.41, 5.74) is 5.12. The van der Waals surface area contributed by atoms with Crippen molar-refractivity contribution in [2.45, 2.75) is 25.6 Å². The third-order valence-corrected chi connectivity index (χ3v) is 5.46. The van der Waals surface area contributed by atoms with Gasteiger partial charge in [-0.1, -0.05) is 11.6 Å². The second kappa shape index (κ2) is 7.71. The van der Waals surface area contributed by atoms with Crippen LogP contribution in [0, 0.1) is 11.8 Å².